The van der Waals surface area contributed by atoms with E-state index in [0.717, 1.165) is 13.1 Å². The summed E-state index contributed by atoms with van der Waals surface area (Å²) in [5, 5.41) is 0. The third-order valence-electron chi connectivity index (χ3n) is 4.27. The second-order valence-electron chi connectivity index (χ2n) is 5.89. The summed E-state index contributed by atoms with van der Waals surface area (Å²) in [5.74, 6) is 0.162. The zero-order chi connectivity index (χ0) is 15.7. The smallest absolute Gasteiger partial charge is 0.254 e. The fourth-order valence-corrected chi connectivity index (χ4v) is 4.47. The molecule has 0 atom stereocenters. The molecule has 1 amide bonds. The van der Waals surface area contributed by atoms with Gasteiger partial charge in [0.2, 0.25) is 10.0 Å². The van der Waals surface area contributed by atoms with Crippen LogP contribution in [-0.2, 0) is 10.0 Å². The first-order chi connectivity index (χ1) is 10.5. The van der Waals surface area contributed by atoms with Crippen LogP contribution in [0.1, 0.15) is 16.8 Å². The van der Waals surface area contributed by atoms with Crippen molar-refractivity contribution in [2.24, 2.45) is 0 Å². The molecule has 1 aromatic rings. The van der Waals surface area contributed by atoms with Crippen LogP contribution < -0.4 is 4.31 Å². The van der Waals surface area contributed by atoms with Crippen molar-refractivity contribution in [1.82, 2.24) is 9.80 Å². The van der Waals surface area contributed by atoms with E-state index in [4.69, 9.17) is 0 Å². The SMILES string of the molecule is CN1CCN(C(=O)c2cccc(N3CCCS3(=O)=O)c2)CC1. The molecule has 0 spiro atoms. The van der Waals surface area contributed by atoms with Crippen molar-refractivity contribution in [1.29, 1.82) is 0 Å². The molecular formula is C15H21N3O3S. The molecule has 0 aliphatic carbocycles. The molecule has 0 saturated carbocycles. The Labute approximate surface area is 131 Å². The van der Waals surface area contributed by atoms with Crippen LogP contribution in [0.5, 0.6) is 0 Å². The van der Waals surface area contributed by atoms with Crippen molar-refractivity contribution in [3.8, 4) is 0 Å². The molecule has 0 aromatic heterocycles. The van der Waals surface area contributed by atoms with Crippen LogP contribution in [0.25, 0.3) is 0 Å². The van der Waals surface area contributed by atoms with Gasteiger partial charge in [-0.05, 0) is 31.7 Å². The average Bonchev–Trinajstić information content (AvgIpc) is 2.87. The fourth-order valence-electron chi connectivity index (χ4n) is 2.92. The van der Waals surface area contributed by atoms with Gasteiger partial charge in [0.25, 0.3) is 5.91 Å². The molecule has 120 valence electrons. The molecule has 2 aliphatic rings. The maximum absolute atomic E-state index is 12.6. The van der Waals surface area contributed by atoms with E-state index in [2.05, 4.69) is 4.90 Å². The number of hydrogen-bond acceptors (Lipinski definition) is 4. The van der Waals surface area contributed by atoms with Gasteiger partial charge in [-0.3, -0.25) is 9.10 Å². The van der Waals surface area contributed by atoms with Crippen molar-refractivity contribution in [2.45, 2.75) is 6.42 Å². The van der Waals surface area contributed by atoms with E-state index in [1.54, 1.807) is 24.3 Å². The van der Waals surface area contributed by atoms with E-state index in [1.807, 2.05) is 11.9 Å². The lowest BCUT2D eigenvalue weighted by Crippen LogP contribution is -2.47. The molecule has 0 radical (unpaired) electrons. The Hall–Kier alpha value is -1.60. The Morgan fingerprint density at radius 1 is 1.09 bits per heavy atom. The van der Waals surface area contributed by atoms with Gasteiger partial charge in [0.1, 0.15) is 0 Å². The average molecular weight is 323 g/mol. The summed E-state index contributed by atoms with van der Waals surface area (Å²) in [5.41, 5.74) is 1.15. The second kappa shape index (κ2) is 5.89. The topological polar surface area (TPSA) is 60.9 Å². The number of anilines is 1. The van der Waals surface area contributed by atoms with Gasteiger partial charge in [0, 0.05) is 38.3 Å². The summed E-state index contributed by atoms with van der Waals surface area (Å²) in [6.45, 7) is 3.65. The summed E-state index contributed by atoms with van der Waals surface area (Å²) in [7, 11) is -1.17. The predicted octanol–water partition coefficient (Wildman–Crippen LogP) is 0.614. The number of piperazine rings is 1. The Kier molecular flexibility index (Phi) is 4.10. The van der Waals surface area contributed by atoms with Crippen LogP contribution in [0, 0.1) is 0 Å². The highest BCUT2D eigenvalue weighted by Gasteiger charge is 2.29. The number of carbonyl (C=O) groups is 1. The van der Waals surface area contributed by atoms with E-state index in [9.17, 15) is 13.2 Å². The first-order valence-corrected chi connectivity index (χ1v) is 9.16. The summed E-state index contributed by atoms with van der Waals surface area (Å²) >= 11 is 0. The number of likely N-dealkylation sites (N-methyl/N-ethyl adjacent to an activating group) is 1. The number of sulfonamides is 1. The molecule has 7 heteroatoms. The lowest BCUT2D eigenvalue weighted by atomic mass is 10.1. The second-order valence-corrected chi connectivity index (χ2v) is 7.90. The van der Waals surface area contributed by atoms with Gasteiger partial charge in [0.05, 0.1) is 11.4 Å². The van der Waals surface area contributed by atoms with Gasteiger partial charge in [-0.25, -0.2) is 8.42 Å². The van der Waals surface area contributed by atoms with Crippen LogP contribution in [0.3, 0.4) is 0 Å². The summed E-state index contributed by atoms with van der Waals surface area (Å²) in [6.07, 6.45) is 0.638. The Morgan fingerprint density at radius 3 is 2.45 bits per heavy atom. The minimum atomic E-state index is -3.21. The highest BCUT2D eigenvalue weighted by Crippen LogP contribution is 2.25. The highest BCUT2D eigenvalue weighted by molar-refractivity contribution is 7.93. The van der Waals surface area contributed by atoms with E-state index in [0.29, 0.717) is 37.3 Å². The Bertz CT molecular complexity index is 666. The molecule has 1 aromatic carbocycles. The first-order valence-electron chi connectivity index (χ1n) is 7.56. The third-order valence-corrected chi connectivity index (χ3v) is 6.14. The van der Waals surface area contributed by atoms with Gasteiger partial charge in [-0.15, -0.1) is 0 Å². The van der Waals surface area contributed by atoms with Gasteiger partial charge in [-0.2, -0.15) is 0 Å². The minimum Gasteiger partial charge on any atom is -0.336 e. The maximum Gasteiger partial charge on any atom is 0.254 e. The van der Waals surface area contributed by atoms with Gasteiger partial charge in [0.15, 0.2) is 0 Å². The molecule has 0 N–H and O–H groups in total. The summed E-state index contributed by atoms with van der Waals surface area (Å²) < 4.78 is 25.4. The Morgan fingerprint density at radius 2 is 1.82 bits per heavy atom. The molecule has 2 fully saturated rings. The molecule has 0 unspecified atom stereocenters. The van der Waals surface area contributed by atoms with Gasteiger partial charge >= 0.3 is 0 Å². The largest absolute Gasteiger partial charge is 0.336 e. The molecular weight excluding hydrogens is 302 g/mol. The first kappa shape index (κ1) is 15.3. The molecule has 2 heterocycles. The molecule has 6 nitrogen and oxygen atoms in total. The molecule has 3 rings (SSSR count). The zero-order valence-electron chi connectivity index (χ0n) is 12.7. The number of rotatable bonds is 2. The highest BCUT2D eigenvalue weighted by atomic mass is 32.2. The van der Waals surface area contributed by atoms with Crippen molar-refractivity contribution in [3.05, 3.63) is 29.8 Å². The normalized spacial score (nSPS) is 22.0. The molecule has 2 aliphatic heterocycles. The fraction of sp³-hybridized carbons (Fsp3) is 0.533. The number of nitrogens with zero attached hydrogens (tertiary/aromatic N) is 3. The zero-order valence-corrected chi connectivity index (χ0v) is 13.6. The molecule has 2 saturated heterocycles. The van der Waals surface area contributed by atoms with E-state index >= 15 is 0 Å². The summed E-state index contributed by atoms with van der Waals surface area (Å²) in [6, 6.07) is 6.96. The quantitative estimate of drug-likeness (QED) is 0.800. The number of carbonyl (C=O) groups excluding carboxylic acids is 1. The maximum atomic E-state index is 12.6. The van der Waals surface area contributed by atoms with Crippen LogP contribution >= 0.6 is 0 Å². The van der Waals surface area contributed by atoms with Gasteiger partial charge < -0.3 is 9.80 Å². The van der Waals surface area contributed by atoms with Crippen molar-refractivity contribution < 1.29 is 13.2 Å². The standard InChI is InChI=1S/C15H21N3O3S/c1-16-7-9-17(10-8-16)15(19)13-4-2-5-14(12-13)18-6-3-11-22(18,20)21/h2,4-5,12H,3,6-11H2,1H3. The molecule has 0 bridgehead atoms. The third kappa shape index (κ3) is 2.96. The molecule has 22 heavy (non-hydrogen) atoms. The van der Waals surface area contributed by atoms with Crippen molar-refractivity contribution in [3.63, 3.8) is 0 Å². The number of hydrogen-bond donors (Lipinski definition) is 0. The van der Waals surface area contributed by atoms with Crippen LogP contribution in [-0.4, -0.2) is 69.6 Å². The summed E-state index contributed by atoms with van der Waals surface area (Å²) in [4.78, 5) is 16.6. The van der Waals surface area contributed by atoms with Crippen molar-refractivity contribution >= 4 is 21.6 Å². The Balaban J connectivity index is 1.81. The van der Waals surface area contributed by atoms with Crippen LogP contribution in [0.15, 0.2) is 24.3 Å². The lowest BCUT2D eigenvalue weighted by molar-refractivity contribution is 0.0664. The van der Waals surface area contributed by atoms with E-state index < -0.39 is 10.0 Å². The number of amides is 1. The predicted molar refractivity (Wildman–Crippen MR) is 85.6 cm³/mol. The van der Waals surface area contributed by atoms with Gasteiger partial charge in [-0.1, -0.05) is 6.07 Å². The minimum absolute atomic E-state index is 0.0217. The van der Waals surface area contributed by atoms with E-state index in [1.165, 1.54) is 4.31 Å². The van der Waals surface area contributed by atoms with Crippen molar-refractivity contribution in [2.75, 3.05) is 49.8 Å². The lowest BCUT2D eigenvalue weighted by Gasteiger charge is -2.32. The monoisotopic (exact) mass is 323 g/mol. The number of benzene rings is 1. The van der Waals surface area contributed by atoms with Crippen LogP contribution in [0.4, 0.5) is 5.69 Å². The van der Waals surface area contributed by atoms with Crippen LogP contribution in [0.2, 0.25) is 0 Å². The van der Waals surface area contributed by atoms with E-state index in [-0.39, 0.29) is 11.7 Å².